The van der Waals surface area contributed by atoms with Crippen molar-refractivity contribution in [3.05, 3.63) is 60.2 Å². The number of thioether (sulfide) groups is 1. The van der Waals surface area contributed by atoms with Gasteiger partial charge in [-0.05, 0) is 37.6 Å². The summed E-state index contributed by atoms with van der Waals surface area (Å²) in [6.45, 7) is 3.96. The second-order valence-electron chi connectivity index (χ2n) is 8.84. The Morgan fingerprint density at radius 2 is 1.36 bits per heavy atom. The van der Waals surface area contributed by atoms with Gasteiger partial charge in [-0.3, -0.25) is 4.18 Å². The fraction of sp³-hybridized carbons (Fsp3) is 0.538. The Hall–Kier alpha value is -1.49. The fourth-order valence-electron chi connectivity index (χ4n) is 3.61. The van der Waals surface area contributed by atoms with Gasteiger partial charge in [0.1, 0.15) is 0 Å². The van der Waals surface area contributed by atoms with Gasteiger partial charge < -0.3 is 0 Å². The van der Waals surface area contributed by atoms with E-state index in [1.165, 1.54) is 43.2 Å². The largest absolute Gasteiger partial charge is 0.397 e. The van der Waals surface area contributed by atoms with E-state index in [2.05, 4.69) is 6.92 Å². The molecule has 2 rings (SSSR count). The third-order valence-corrected chi connectivity index (χ3v) is 10.5. The maximum Gasteiger partial charge on any atom is 0.397 e. The molecule has 36 heavy (non-hydrogen) atoms. The molecule has 202 valence electrons. The van der Waals surface area contributed by atoms with Crippen molar-refractivity contribution in [2.45, 2.75) is 92.1 Å². The Morgan fingerprint density at radius 1 is 0.806 bits per heavy atom. The molecule has 0 saturated carbocycles. The Bertz CT molecular complexity index is 1120. The lowest BCUT2D eigenvalue weighted by Crippen LogP contribution is -2.29. The minimum absolute atomic E-state index is 0.0670. The van der Waals surface area contributed by atoms with E-state index in [0.717, 1.165) is 49.8 Å². The summed E-state index contributed by atoms with van der Waals surface area (Å²) in [5, 5.41) is 0. The van der Waals surface area contributed by atoms with E-state index in [-0.39, 0.29) is 23.1 Å². The maximum absolute atomic E-state index is 14.8. The van der Waals surface area contributed by atoms with Crippen molar-refractivity contribution in [1.29, 1.82) is 0 Å². The molecular formula is C26H36F2O5S3. The molecule has 0 bridgehead atoms. The molecule has 1 unspecified atom stereocenters. The van der Waals surface area contributed by atoms with E-state index < -0.39 is 41.3 Å². The number of aryl methyl sites for hydroxylation is 1. The second kappa shape index (κ2) is 14.4. The number of sulfone groups is 1. The molecule has 0 radical (unpaired) electrons. The lowest BCUT2D eigenvalue weighted by atomic mass is 10.1. The summed E-state index contributed by atoms with van der Waals surface area (Å²) in [7, 11) is -9.15. The molecule has 5 nitrogen and oxygen atoms in total. The van der Waals surface area contributed by atoms with Crippen LogP contribution in [-0.2, 0) is 24.1 Å². The SMILES string of the molecule is CCCCCCCCCCC(CSC(F)(F)S(=O)(=O)c1ccccc1)OS(=O)(=O)c1ccc(C)cc1. The first-order chi connectivity index (χ1) is 17.0. The lowest BCUT2D eigenvalue weighted by molar-refractivity contribution is 0.189. The molecule has 0 N–H and O–H groups in total. The number of alkyl halides is 2. The predicted octanol–water partition coefficient (Wildman–Crippen LogP) is 7.36. The highest BCUT2D eigenvalue weighted by Crippen LogP contribution is 2.40. The summed E-state index contributed by atoms with van der Waals surface area (Å²) >= 11 is -0.106. The van der Waals surface area contributed by atoms with Crippen LogP contribution >= 0.6 is 11.8 Å². The third kappa shape index (κ3) is 9.43. The van der Waals surface area contributed by atoms with Gasteiger partial charge in [0.2, 0.25) is 0 Å². The van der Waals surface area contributed by atoms with Crippen LogP contribution in [-0.4, -0.2) is 33.3 Å². The van der Waals surface area contributed by atoms with Crippen LogP contribution in [0.5, 0.6) is 0 Å². The summed E-state index contributed by atoms with van der Waals surface area (Å²) in [5.74, 6) is -0.485. The fourth-order valence-corrected chi connectivity index (χ4v) is 7.32. The predicted molar refractivity (Wildman–Crippen MR) is 141 cm³/mol. The monoisotopic (exact) mass is 562 g/mol. The Labute approximate surface area is 219 Å². The summed E-state index contributed by atoms with van der Waals surface area (Å²) in [6, 6.07) is 12.6. The quantitative estimate of drug-likeness (QED) is 0.148. The van der Waals surface area contributed by atoms with Crippen molar-refractivity contribution in [3.8, 4) is 0 Å². The van der Waals surface area contributed by atoms with E-state index in [9.17, 15) is 25.6 Å². The summed E-state index contributed by atoms with van der Waals surface area (Å²) < 4.78 is 81.4. The van der Waals surface area contributed by atoms with Gasteiger partial charge in [0, 0.05) is 5.75 Å². The average Bonchev–Trinajstić information content (AvgIpc) is 2.84. The van der Waals surface area contributed by atoms with Crippen LogP contribution in [0.25, 0.3) is 0 Å². The van der Waals surface area contributed by atoms with Gasteiger partial charge in [-0.15, -0.1) is 0 Å². The van der Waals surface area contributed by atoms with Gasteiger partial charge in [-0.2, -0.15) is 17.2 Å². The van der Waals surface area contributed by atoms with Crippen molar-refractivity contribution >= 4 is 31.7 Å². The number of hydrogen-bond donors (Lipinski definition) is 0. The van der Waals surface area contributed by atoms with Crippen molar-refractivity contribution in [2.75, 3.05) is 5.75 Å². The van der Waals surface area contributed by atoms with Crippen LogP contribution in [0.3, 0.4) is 0 Å². The summed E-state index contributed by atoms with van der Waals surface area (Å²) in [4.78, 5) is -0.557. The van der Waals surface area contributed by atoms with Gasteiger partial charge in [0.05, 0.1) is 15.9 Å². The van der Waals surface area contributed by atoms with Crippen LogP contribution in [0.15, 0.2) is 64.4 Å². The van der Waals surface area contributed by atoms with E-state index in [4.69, 9.17) is 4.18 Å². The van der Waals surface area contributed by atoms with Crippen LogP contribution in [0.2, 0.25) is 0 Å². The van der Waals surface area contributed by atoms with E-state index >= 15 is 0 Å². The maximum atomic E-state index is 14.8. The molecule has 1 atom stereocenters. The van der Waals surface area contributed by atoms with E-state index in [0.29, 0.717) is 6.42 Å². The molecule has 0 aromatic heterocycles. The molecule has 0 amide bonds. The zero-order valence-corrected chi connectivity index (χ0v) is 23.3. The normalized spacial score (nSPS) is 13.6. The topological polar surface area (TPSA) is 77.5 Å². The molecule has 2 aromatic rings. The van der Waals surface area contributed by atoms with Crippen molar-refractivity contribution in [3.63, 3.8) is 0 Å². The van der Waals surface area contributed by atoms with Gasteiger partial charge in [0.25, 0.3) is 20.0 Å². The van der Waals surface area contributed by atoms with Crippen molar-refractivity contribution in [2.24, 2.45) is 0 Å². The van der Waals surface area contributed by atoms with E-state index in [1.54, 1.807) is 12.1 Å². The number of hydrogen-bond acceptors (Lipinski definition) is 6. The first-order valence-electron chi connectivity index (χ1n) is 12.3. The Morgan fingerprint density at radius 3 is 1.94 bits per heavy atom. The second-order valence-corrected chi connectivity index (χ2v) is 13.8. The highest BCUT2D eigenvalue weighted by molar-refractivity contribution is 8.14. The first-order valence-corrected chi connectivity index (χ1v) is 16.2. The molecule has 0 aliphatic heterocycles. The van der Waals surface area contributed by atoms with Gasteiger partial charge >= 0.3 is 4.59 Å². The molecule has 0 heterocycles. The third-order valence-electron chi connectivity index (χ3n) is 5.76. The molecule has 2 aromatic carbocycles. The minimum atomic E-state index is -4.95. The van der Waals surface area contributed by atoms with Gasteiger partial charge in [-0.1, -0.05) is 106 Å². The highest BCUT2D eigenvalue weighted by atomic mass is 32.3. The molecule has 0 spiro atoms. The van der Waals surface area contributed by atoms with Gasteiger partial charge in [0.15, 0.2) is 0 Å². The zero-order chi connectivity index (χ0) is 26.7. The van der Waals surface area contributed by atoms with Crippen LogP contribution in [0.4, 0.5) is 8.78 Å². The van der Waals surface area contributed by atoms with Gasteiger partial charge in [-0.25, -0.2) is 8.42 Å². The lowest BCUT2D eigenvalue weighted by Gasteiger charge is -2.21. The highest BCUT2D eigenvalue weighted by Gasteiger charge is 2.47. The average molecular weight is 563 g/mol. The number of unbranched alkanes of at least 4 members (excludes halogenated alkanes) is 7. The van der Waals surface area contributed by atoms with E-state index in [1.807, 2.05) is 6.92 Å². The molecule has 0 aliphatic carbocycles. The smallest absolute Gasteiger partial charge is 0.262 e. The zero-order valence-electron chi connectivity index (χ0n) is 20.9. The number of rotatable bonds is 17. The first kappa shape index (κ1) is 30.7. The van der Waals surface area contributed by atoms with Crippen LogP contribution in [0.1, 0.15) is 70.3 Å². The molecule has 0 fully saturated rings. The van der Waals surface area contributed by atoms with Crippen LogP contribution in [0, 0.1) is 6.92 Å². The molecule has 0 saturated heterocycles. The van der Waals surface area contributed by atoms with Crippen LogP contribution < -0.4 is 0 Å². The minimum Gasteiger partial charge on any atom is -0.262 e. The van der Waals surface area contributed by atoms with Crippen molar-refractivity contribution in [1.82, 2.24) is 0 Å². The Kier molecular flexibility index (Phi) is 12.3. The molecular weight excluding hydrogens is 526 g/mol. The summed E-state index contributed by atoms with van der Waals surface area (Å²) in [5.41, 5.74) is 0.866. The standard InChI is InChI=1S/C26H36F2O5S3/c1-3-4-5-6-7-8-9-11-14-23(33-36(31,32)25-19-17-22(2)18-20-25)21-34-26(27,28)35(29,30)24-15-12-10-13-16-24/h10,12-13,15-20,23H,3-9,11,14,21H2,1-2H3. The summed E-state index contributed by atoms with van der Waals surface area (Å²) in [6.07, 6.45) is 7.27. The number of benzene rings is 2. The number of halogens is 2. The molecule has 0 aliphatic rings. The Balaban J connectivity index is 2.06. The molecule has 10 heteroatoms. The van der Waals surface area contributed by atoms with Crippen molar-refractivity contribution < 1.29 is 29.8 Å².